The van der Waals surface area contributed by atoms with E-state index in [0.717, 1.165) is 30.0 Å². The standard InChI is InChI=1S/C25H36N4O3/c1-16(2)14-29(15-17(3)4)23-10-8-20(18(5)11-24(30)31)12-22(23)28-25(32)27-21-9-7-19(6)26-13-21/h7-10,12-13,16-18H,11,14-15H2,1-6H3,(H,30,31)(H2,27,28,32). The van der Waals surface area contributed by atoms with Crippen molar-refractivity contribution in [2.24, 2.45) is 11.8 Å². The van der Waals surface area contributed by atoms with Crippen LogP contribution in [0, 0.1) is 18.8 Å². The Kier molecular flexibility index (Phi) is 9.05. The van der Waals surface area contributed by atoms with Crippen molar-refractivity contribution in [1.29, 1.82) is 0 Å². The van der Waals surface area contributed by atoms with Crippen LogP contribution in [0.1, 0.15) is 58.2 Å². The summed E-state index contributed by atoms with van der Waals surface area (Å²) in [6.07, 6.45) is 1.65. The zero-order valence-corrected chi connectivity index (χ0v) is 20.0. The van der Waals surface area contributed by atoms with E-state index >= 15 is 0 Å². The Balaban J connectivity index is 2.37. The molecule has 0 aliphatic heterocycles. The third kappa shape index (κ3) is 7.87. The Morgan fingerprint density at radius 2 is 1.66 bits per heavy atom. The van der Waals surface area contributed by atoms with E-state index in [1.165, 1.54) is 0 Å². The van der Waals surface area contributed by atoms with Gasteiger partial charge < -0.3 is 20.6 Å². The maximum atomic E-state index is 12.8. The third-order valence-electron chi connectivity index (χ3n) is 5.00. The molecule has 3 N–H and O–H groups in total. The molecule has 2 amide bonds. The van der Waals surface area contributed by atoms with E-state index in [1.807, 2.05) is 38.1 Å². The number of pyridine rings is 1. The lowest BCUT2D eigenvalue weighted by atomic mass is 9.96. The van der Waals surface area contributed by atoms with Crippen LogP contribution in [0.4, 0.5) is 21.9 Å². The molecule has 0 aliphatic carbocycles. The molecular formula is C25H36N4O3. The molecule has 1 heterocycles. The lowest BCUT2D eigenvalue weighted by Crippen LogP contribution is -2.32. The molecule has 0 bridgehead atoms. The summed E-state index contributed by atoms with van der Waals surface area (Å²) in [5.41, 5.74) is 3.94. The monoisotopic (exact) mass is 440 g/mol. The number of anilines is 3. The summed E-state index contributed by atoms with van der Waals surface area (Å²) in [5.74, 6) is -0.128. The predicted octanol–water partition coefficient (Wildman–Crippen LogP) is 5.73. The molecule has 0 aliphatic rings. The fourth-order valence-electron chi connectivity index (χ4n) is 3.60. The van der Waals surface area contributed by atoms with Crippen molar-refractivity contribution in [3.63, 3.8) is 0 Å². The third-order valence-corrected chi connectivity index (χ3v) is 5.00. The number of nitrogens with one attached hydrogen (secondary N) is 2. The maximum Gasteiger partial charge on any atom is 0.323 e. The minimum atomic E-state index is -0.845. The first kappa shape index (κ1) is 25.2. The smallest absolute Gasteiger partial charge is 0.323 e. The zero-order chi connectivity index (χ0) is 23.8. The number of aliphatic carboxylic acids is 1. The van der Waals surface area contributed by atoms with E-state index in [4.69, 9.17) is 0 Å². The lowest BCUT2D eigenvalue weighted by Gasteiger charge is -2.31. The van der Waals surface area contributed by atoms with Gasteiger partial charge in [0, 0.05) is 18.8 Å². The van der Waals surface area contributed by atoms with E-state index in [1.54, 1.807) is 12.3 Å². The average Bonchev–Trinajstić information content (AvgIpc) is 2.68. The fraction of sp³-hybridized carbons (Fsp3) is 0.480. The second-order valence-corrected chi connectivity index (χ2v) is 9.24. The molecule has 1 unspecified atom stereocenters. The second-order valence-electron chi connectivity index (χ2n) is 9.24. The Morgan fingerprint density at radius 1 is 1.00 bits per heavy atom. The quantitative estimate of drug-likeness (QED) is 0.438. The van der Waals surface area contributed by atoms with Gasteiger partial charge >= 0.3 is 12.0 Å². The highest BCUT2D eigenvalue weighted by molar-refractivity contribution is 6.01. The summed E-state index contributed by atoms with van der Waals surface area (Å²) < 4.78 is 0. The molecule has 7 nitrogen and oxygen atoms in total. The summed E-state index contributed by atoms with van der Waals surface area (Å²) in [4.78, 5) is 30.5. The van der Waals surface area contributed by atoms with Gasteiger partial charge in [-0.05, 0) is 54.5 Å². The van der Waals surface area contributed by atoms with Gasteiger partial charge in [-0.1, -0.05) is 40.7 Å². The molecular weight excluding hydrogens is 404 g/mol. The van der Waals surface area contributed by atoms with Crippen LogP contribution in [0.5, 0.6) is 0 Å². The Bertz CT molecular complexity index is 900. The van der Waals surface area contributed by atoms with E-state index < -0.39 is 5.97 Å². The molecule has 0 fully saturated rings. The van der Waals surface area contributed by atoms with Gasteiger partial charge in [0.1, 0.15) is 0 Å². The molecule has 1 aromatic heterocycles. The molecule has 2 aromatic rings. The van der Waals surface area contributed by atoms with Crippen LogP contribution in [0.3, 0.4) is 0 Å². The number of carbonyl (C=O) groups excluding carboxylic acids is 1. The van der Waals surface area contributed by atoms with Gasteiger partial charge in [-0.25, -0.2) is 4.79 Å². The molecule has 0 spiro atoms. The molecule has 0 saturated heterocycles. The van der Waals surface area contributed by atoms with Crippen LogP contribution in [0.15, 0.2) is 36.5 Å². The van der Waals surface area contributed by atoms with E-state index in [2.05, 4.69) is 48.2 Å². The first-order valence-electron chi connectivity index (χ1n) is 11.2. The van der Waals surface area contributed by atoms with Crippen molar-refractivity contribution in [2.75, 3.05) is 28.6 Å². The van der Waals surface area contributed by atoms with Gasteiger partial charge in [0.15, 0.2) is 0 Å². The number of rotatable bonds is 10. The van der Waals surface area contributed by atoms with Crippen LogP contribution in [-0.4, -0.2) is 35.2 Å². The molecule has 7 heteroatoms. The number of urea groups is 1. The zero-order valence-electron chi connectivity index (χ0n) is 20.0. The van der Waals surface area contributed by atoms with Crippen LogP contribution >= 0.6 is 0 Å². The van der Waals surface area contributed by atoms with E-state index in [-0.39, 0.29) is 18.4 Å². The molecule has 1 aromatic carbocycles. The SMILES string of the molecule is Cc1ccc(NC(=O)Nc2cc(C(C)CC(=O)O)ccc2N(CC(C)C)CC(C)C)cn1. The topological polar surface area (TPSA) is 94.6 Å². The van der Waals surface area contributed by atoms with E-state index in [9.17, 15) is 14.7 Å². The van der Waals surface area contributed by atoms with Crippen molar-refractivity contribution in [1.82, 2.24) is 4.98 Å². The Morgan fingerprint density at radius 3 is 2.19 bits per heavy atom. The van der Waals surface area contributed by atoms with Gasteiger partial charge in [-0.15, -0.1) is 0 Å². The highest BCUT2D eigenvalue weighted by atomic mass is 16.4. The van der Waals surface area contributed by atoms with Crippen LogP contribution in [0.2, 0.25) is 0 Å². The fourth-order valence-corrected chi connectivity index (χ4v) is 3.60. The molecule has 1 atom stereocenters. The number of carbonyl (C=O) groups is 2. The largest absolute Gasteiger partial charge is 0.481 e. The predicted molar refractivity (Wildman–Crippen MR) is 131 cm³/mol. The number of aryl methyl sites for hydroxylation is 1. The first-order chi connectivity index (χ1) is 15.0. The van der Waals surface area contributed by atoms with Crippen LogP contribution < -0.4 is 15.5 Å². The second kappa shape index (κ2) is 11.5. The molecule has 32 heavy (non-hydrogen) atoms. The number of nitrogens with zero attached hydrogens (tertiary/aromatic N) is 2. The number of carboxylic acid groups (broad SMARTS) is 1. The van der Waals surface area contributed by atoms with Crippen molar-refractivity contribution >= 4 is 29.1 Å². The molecule has 0 saturated carbocycles. The minimum absolute atomic E-state index is 0.0295. The summed E-state index contributed by atoms with van der Waals surface area (Å²) in [6.45, 7) is 14.1. The highest BCUT2D eigenvalue weighted by Gasteiger charge is 2.19. The molecule has 2 rings (SSSR count). The van der Waals surface area contributed by atoms with Crippen molar-refractivity contribution in [3.8, 4) is 0 Å². The summed E-state index contributed by atoms with van der Waals surface area (Å²) >= 11 is 0. The molecule has 174 valence electrons. The van der Waals surface area contributed by atoms with Crippen molar-refractivity contribution in [3.05, 3.63) is 47.8 Å². The summed E-state index contributed by atoms with van der Waals surface area (Å²) in [6, 6.07) is 9.11. The van der Waals surface area contributed by atoms with Gasteiger partial charge in [0.05, 0.1) is 29.7 Å². The highest BCUT2D eigenvalue weighted by Crippen LogP contribution is 2.32. The summed E-state index contributed by atoms with van der Waals surface area (Å²) in [5, 5.41) is 15.0. The number of carboxylic acids is 1. The number of benzene rings is 1. The Hall–Kier alpha value is -3.09. The number of hydrogen-bond donors (Lipinski definition) is 3. The van der Waals surface area contributed by atoms with Gasteiger partial charge in [0.25, 0.3) is 0 Å². The van der Waals surface area contributed by atoms with Crippen molar-refractivity contribution < 1.29 is 14.7 Å². The van der Waals surface area contributed by atoms with E-state index in [0.29, 0.717) is 23.2 Å². The first-order valence-corrected chi connectivity index (χ1v) is 11.2. The summed E-state index contributed by atoms with van der Waals surface area (Å²) in [7, 11) is 0. The van der Waals surface area contributed by atoms with Crippen LogP contribution in [0.25, 0.3) is 0 Å². The number of amides is 2. The average molecular weight is 441 g/mol. The number of hydrogen-bond acceptors (Lipinski definition) is 4. The Labute approximate surface area is 191 Å². The molecule has 0 radical (unpaired) electrons. The van der Waals surface area contributed by atoms with Gasteiger partial charge in [-0.2, -0.15) is 0 Å². The van der Waals surface area contributed by atoms with Crippen molar-refractivity contribution in [2.45, 2.75) is 53.9 Å². The normalized spacial score (nSPS) is 12.0. The van der Waals surface area contributed by atoms with Gasteiger partial charge in [-0.3, -0.25) is 9.78 Å². The maximum absolute atomic E-state index is 12.8. The van der Waals surface area contributed by atoms with Gasteiger partial charge in [0.2, 0.25) is 0 Å². The minimum Gasteiger partial charge on any atom is -0.481 e. The number of aromatic nitrogens is 1. The van der Waals surface area contributed by atoms with Crippen LogP contribution in [-0.2, 0) is 4.79 Å². The lowest BCUT2D eigenvalue weighted by molar-refractivity contribution is -0.137.